The van der Waals surface area contributed by atoms with Gasteiger partial charge in [-0.2, -0.15) is 0 Å². The number of carbonyl (C=O) groups is 1. The highest BCUT2D eigenvalue weighted by Gasteiger charge is 2.22. The lowest BCUT2D eigenvalue weighted by atomic mass is 10.2. The Labute approximate surface area is 129 Å². The number of hydrogen-bond acceptors (Lipinski definition) is 3. The van der Waals surface area contributed by atoms with E-state index in [1.54, 1.807) is 30.1 Å². The number of likely N-dealkylation sites (N-methyl/N-ethyl adjacent to an activating group) is 2. The molecule has 0 spiro atoms. The second-order valence-corrected chi connectivity index (χ2v) is 5.88. The summed E-state index contributed by atoms with van der Waals surface area (Å²) in [5, 5.41) is 0.836. The van der Waals surface area contributed by atoms with Crippen LogP contribution in [0.1, 0.15) is 10.4 Å². The molecule has 1 aliphatic rings. The normalized spacial score (nSPS) is 19.9. The van der Waals surface area contributed by atoms with E-state index in [1.807, 2.05) is 0 Å². The van der Waals surface area contributed by atoms with Crippen molar-refractivity contribution in [2.24, 2.45) is 0 Å². The molecule has 1 aliphatic heterocycles. The van der Waals surface area contributed by atoms with Crippen molar-refractivity contribution >= 4 is 29.1 Å². The molecule has 110 valence electrons. The maximum Gasteiger partial charge on any atom is 0.253 e. The summed E-state index contributed by atoms with van der Waals surface area (Å²) in [6.45, 7) is 3.03. The quantitative estimate of drug-likeness (QED) is 0.858. The van der Waals surface area contributed by atoms with Crippen LogP contribution in [0.5, 0.6) is 0 Å². The summed E-state index contributed by atoms with van der Waals surface area (Å²) in [4.78, 5) is 16.2. The number of morpholine rings is 1. The minimum absolute atomic E-state index is 0.0467. The van der Waals surface area contributed by atoms with Gasteiger partial charge in [-0.1, -0.05) is 23.2 Å². The van der Waals surface area contributed by atoms with Gasteiger partial charge in [0.15, 0.2) is 0 Å². The molecule has 0 bridgehead atoms. The van der Waals surface area contributed by atoms with Gasteiger partial charge in [0.25, 0.3) is 5.91 Å². The first-order chi connectivity index (χ1) is 9.47. The lowest BCUT2D eigenvalue weighted by molar-refractivity contribution is -0.0301. The molecule has 1 unspecified atom stereocenters. The van der Waals surface area contributed by atoms with Gasteiger partial charge in [0.2, 0.25) is 0 Å². The Hall–Kier alpha value is -0.810. The Balaban J connectivity index is 1.99. The van der Waals surface area contributed by atoms with Gasteiger partial charge in [0.1, 0.15) is 0 Å². The highest BCUT2D eigenvalue weighted by atomic mass is 35.5. The van der Waals surface area contributed by atoms with Gasteiger partial charge in [0.05, 0.1) is 22.8 Å². The van der Waals surface area contributed by atoms with Crippen LogP contribution in [0.4, 0.5) is 0 Å². The number of carbonyl (C=O) groups excluding carboxylic acids is 1. The van der Waals surface area contributed by atoms with Gasteiger partial charge in [-0.25, -0.2) is 0 Å². The zero-order valence-corrected chi connectivity index (χ0v) is 13.1. The van der Waals surface area contributed by atoms with Crippen LogP contribution in [-0.4, -0.2) is 62.1 Å². The lowest BCUT2D eigenvalue weighted by Gasteiger charge is -2.32. The molecule has 2 rings (SSSR count). The number of benzene rings is 1. The highest BCUT2D eigenvalue weighted by Crippen LogP contribution is 2.23. The van der Waals surface area contributed by atoms with E-state index < -0.39 is 0 Å². The minimum Gasteiger partial charge on any atom is -0.374 e. The molecule has 1 aromatic rings. The van der Waals surface area contributed by atoms with Crippen molar-refractivity contribution in [1.82, 2.24) is 9.80 Å². The molecule has 0 aliphatic carbocycles. The van der Waals surface area contributed by atoms with Crippen molar-refractivity contribution in [3.05, 3.63) is 33.8 Å². The molecule has 1 heterocycles. The van der Waals surface area contributed by atoms with Crippen LogP contribution in [-0.2, 0) is 4.74 Å². The fourth-order valence-electron chi connectivity index (χ4n) is 2.22. The highest BCUT2D eigenvalue weighted by molar-refractivity contribution is 6.42. The van der Waals surface area contributed by atoms with Crippen molar-refractivity contribution < 1.29 is 9.53 Å². The van der Waals surface area contributed by atoms with Crippen molar-refractivity contribution in [2.75, 3.05) is 40.3 Å². The Morgan fingerprint density at radius 3 is 2.85 bits per heavy atom. The standard InChI is InChI=1S/C14H18Cl2N2O2/c1-17-5-6-20-11(8-17)9-18(2)14(19)10-3-4-12(15)13(16)7-10/h3-4,7,11H,5-6,8-9H2,1-2H3. The third kappa shape index (κ3) is 3.85. The predicted molar refractivity (Wildman–Crippen MR) is 80.7 cm³/mol. The first-order valence-corrected chi connectivity index (χ1v) is 7.23. The van der Waals surface area contributed by atoms with E-state index in [-0.39, 0.29) is 12.0 Å². The summed E-state index contributed by atoms with van der Waals surface area (Å²) in [6.07, 6.45) is 0.0467. The second-order valence-electron chi connectivity index (χ2n) is 5.07. The number of halogens is 2. The molecule has 0 radical (unpaired) electrons. The van der Waals surface area contributed by atoms with E-state index in [9.17, 15) is 4.79 Å². The van der Waals surface area contributed by atoms with Crippen LogP contribution in [0.3, 0.4) is 0 Å². The summed E-state index contributed by atoms with van der Waals surface area (Å²) in [5.41, 5.74) is 0.533. The minimum atomic E-state index is -0.0830. The van der Waals surface area contributed by atoms with Crippen LogP contribution in [0.2, 0.25) is 10.0 Å². The third-order valence-electron chi connectivity index (χ3n) is 3.33. The van der Waals surface area contributed by atoms with Crippen LogP contribution < -0.4 is 0 Å². The average Bonchev–Trinajstić information content (AvgIpc) is 2.41. The van der Waals surface area contributed by atoms with Gasteiger partial charge in [0, 0.05) is 32.2 Å². The Kier molecular flexibility index (Phi) is 5.27. The molecule has 0 saturated carbocycles. The summed E-state index contributed by atoms with van der Waals surface area (Å²) in [7, 11) is 3.82. The van der Waals surface area contributed by atoms with E-state index in [2.05, 4.69) is 11.9 Å². The summed E-state index contributed by atoms with van der Waals surface area (Å²) >= 11 is 11.8. The SMILES string of the molecule is CN1CCOC(CN(C)C(=O)c2ccc(Cl)c(Cl)c2)C1. The third-order valence-corrected chi connectivity index (χ3v) is 4.07. The largest absolute Gasteiger partial charge is 0.374 e. The van der Waals surface area contributed by atoms with Gasteiger partial charge in [-0.05, 0) is 25.2 Å². The van der Waals surface area contributed by atoms with Crippen molar-refractivity contribution in [3.8, 4) is 0 Å². The fraction of sp³-hybridized carbons (Fsp3) is 0.500. The van der Waals surface area contributed by atoms with Gasteiger partial charge >= 0.3 is 0 Å². The summed E-state index contributed by atoms with van der Waals surface area (Å²) < 4.78 is 5.67. The number of hydrogen-bond donors (Lipinski definition) is 0. The molecule has 1 atom stereocenters. The van der Waals surface area contributed by atoms with Crippen LogP contribution in [0.25, 0.3) is 0 Å². The molecule has 1 amide bonds. The molecular formula is C14H18Cl2N2O2. The number of amides is 1. The van der Waals surface area contributed by atoms with Crippen LogP contribution in [0, 0.1) is 0 Å². The summed E-state index contributed by atoms with van der Waals surface area (Å²) in [5.74, 6) is -0.0830. The lowest BCUT2D eigenvalue weighted by Crippen LogP contribution is -2.46. The number of ether oxygens (including phenoxy) is 1. The maximum atomic E-state index is 12.3. The van der Waals surface area contributed by atoms with E-state index in [0.717, 1.165) is 13.1 Å². The zero-order chi connectivity index (χ0) is 14.7. The molecule has 4 nitrogen and oxygen atoms in total. The molecule has 1 aromatic carbocycles. The smallest absolute Gasteiger partial charge is 0.253 e. The maximum absolute atomic E-state index is 12.3. The van der Waals surface area contributed by atoms with Gasteiger partial charge < -0.3 is 14.5 Å². The molecule has 1 fully saturated rings. The second kappa shape index (κ2) is 6.76. The Morgan fingerprint density at radius 1 is 1.45 bits per heavy atom. The first-order valence-electron chi connectivity index (χ1n) is 6.48. The van der Waals surface area contributed by atoms with Crippen molar-refractivity contribution in [3.63, 3.8) is 0 Å². The Morgan fingerprint density at radius 2 is 2.20 bits per heavy atom. The molecule has 6 heteroatoms. The molecular weight excluding hydrogens is 299 g/mol. The summed E-state index contributed by atoms with van der Waals surface area (Å²) in [6, 6.07) is 4.91. The predicted octanol–water partition coefficient (Wildman–Crippen LogP) is 2.40. The average molecular weight is 317 g/mol. The van der Waals surface area contributed by atoms with Gasteiger partial charge in [-0.3, -0.25) is 4.79 Å². The van der Waals surface area contributed by atoms with E-state index >= 15 is 0 Å². The van der Waals surface area contributed by atoms with E-state index in [0.29, 0.717) is 28.8 Å². The van der Waals surface area contributed by atoms with E-state index in [1.165, 1.54) is 0 Å². The monoisotopic (exact) mass is 316 g/mol. The number of rotatable bonds is 3. The molecule has 20 heavy (non-hydrogen) atoms. The Bertz CT molecular complexity index is 496. The topological polar surface area (TPSA) is 32.8 Å². The number of nitrogens with zero attached hydrogens (tertiary/aromatic N) is 2. The van der Waals surface area contributed by atoms with Crippen LogP contribution in [0.15, 0.2) is 18.2 Å². The van der Waals surface area contributed by atoms with E-state index in [4.69, 9.17) is 27.9 Å². The molecule has 0 aromatic heterocycles. The van der Waals surface area contributed by atoms with Gasteiger partial charge in [-0.15, -0.1) is 0 Å². The fourth-order valence-corrected chi connectivity index (χ4v) is 2.51. The first kappa shape index (κ1) is 15.6. The molecule has 0 N–H and O–H groups in total. The molecule has 1 saturated heterocycles. The zero-order valence-electron chi connectivity index (χ0n) is 11.6. The van der Waals surface area contributed by atoms with Crippen LogP contribution >= 0.6 is 23.2 Å². The van der Waals surface area contributed by atoms with Crippen molar-refractivity contribution in [1.29, 1.82) is 0 Å². The van der Waals surface area contributed by atoms with Crippen molar-refractivity contribution in [2.45, 2.75) is 6.10 Å².